The lowest BCUT2D eigenvalue weighted by Gasteiger charge is -2.31. The number of halogens is 4. The fourth-order valence-electron chi connectivity index (χ4n) is 1.05. The van der Waals surface area contributed by atoms with E-state index in [2.05, 4.69) is 0 Å². The Morgan fingerprint density at radius 3 is 1.00 bits per heavy atom. The van der Waals surface area contributed by atoms with Crippen LogP contribution in [-0.4, -0.2) is 21.4 Å². The molecule has 0 unspecified atom stereocenters. The van der Waals surface area contributed by atoms with Gasteiger partial charge in [-0.15, -0.1) is 0 Å². The van der Waals surface area contributed by atoms with Crippen LogP contribution in [0.5, 0.6) is 0 Å². The molecule has 0 bridgehead atoms. The molecule has 0 atom stereocenters. The Bertz CT molecular complexity index is 279. The highest BCUT2D eigenvalue weighted by Gasteiger charge is 2.51. The molecule has 2 N–H and O–H groups in total. The van der Waals surface area contributed by atoms with E-state index in [-0.39, 0.29) is 0 Å². The summed E-state index contributed by atoms with van der Waals surface area (Å²) in [4.78, 5) is 0. The van der Waals surface area contributed by atoms with E-state index < -0.39 is 34.5 Å². The minimum atomic E-state index is -2.99. The van der Waals surface area contributed by atoms with Crippen LogP contribution in [0.15, 0.2) is 23.3 Å². The molecule has 14 heavy (non-hydrogen) atoms. The first-order valence-corrected chi connectivity index (χ1v) is 3.70. The van der Waals surface area contributed by atoms with Crippen molar-refractivity contribution in [2.24, 2.45) is 0 Å². The fourth-order valence-corrected chi connectivity index (χ4v) is 1.05. The van der Waals surface area contributed by atoms with Gasteiger partial charge in [0.1, 0.15) is 0 Å². The first-order valence-electron chi connectivity index (χ1n) is 3.70. The second-order valence-electron chi connectivity index (χ2n) is 3.40. The molecule has 1 aliphatic rings. The van der Waals surface area contributed by atoms with Crippen molar-refractivity contribution in [2.75, 3.05) is 0 Å². The fraction of sp³-hybridized carbons (Fsp3) is 0.500. The minimum Gasteiger partial charge on any atom is -0.376 e. The van der Waals surface area contributed by atoms with Gasteiger partial charge in [0, 0.05) is 0 Å². The lowest BCUT2D eigenvalue weighted by molar-refractivity contribution is 0.0190. The van der Waals surface area contributed by atoms with Crippen LogP contribution in [0.2, 0.25) is 0 Å². The third kappa shape index (κ3) is 1.18. The zero-order valence-electron chi connectivity index (χ0n) is 7.41. The maximum Gasteiger partial charge on any atom is 0.173 e. The molecule has 0 heterocycles. The van der Waals surface area contributed by atoms with Crippen LogP contribution in [0.3, 0.4) is 0 Å². The summed E-state index contributed by atoms with van der Waals surface area (Å²) in [5.74, 6) is -7.72. The van der Waals surface area contributed by atoms with E-state index in [1.54, 1.807) is 0 Å². The lowest BCUT2D eigenvalue weighted by atomic mass is 9.87. The summed E-state index contributed by atoms with van der Waals surface area (Å²) in [5.41, 5.74) is -5.98. The quantitative estimate of drug-likeness (QED) is 0.601. The largest absolute Gasteiger partial charge is 0.376 e. The molecule has 0 aromatic heterocycles. The Balaban J connectivity index is 3.46. The molecule has 0 saturated heterocycles. The molecule has 0 radical (unpaired) electrons. The van der Waals surface area contributed by atoms with Gasteiger partial charge in [-0.2, -0.15) is 0 Å². The Morgan fingerprint density at radius 2 is 0.857 bits per heavy atom. The second-order valence-corrected chi connectivity index (χ2v) is 3.40. The van der Waals surface area contributed by atoms with Gasteiger partial charge in [0.15, 0.2) is 34.5 Å². The molecule has 6 heteroatoms. The van der Waals surface area contributed by atoms with Gasteiger partial charge >= 0.3 is 0 Å². The zero-order chi connectivity index (χ0) is 11.3. The number of hydrogen-bond acceptors (Lipinski definition) is 2. The summed E-state index contributed by atoms with van der Waals surface area (Å²) >= 11 is 0. The average molecular weight is 212 g/mol. The van der Waals surface area contributed by atoms with Gasteiger partial charge in [-0.05, 0) is 13.8 Å². The molecule has 2 nitrogen and oxygen atoms in total. The van der Waals surface area contributed by atoms with Gasteiger partial charge in [0.2, 0.25) is 0 Å². The summed E-state index contributed by atoms with van der Waals surface area (Å²) in [5, 5.41) is 18.1. The van der Waals surface area contributed by atoms with E-state index in [1.807, 2.05) is 0 Å². The molecule has 0 fully saturated rings. The summed E-state index contributed by atoms with van der Waals surface area (Å²) in [6.45, 7) is 1.10. The van der Waals surface area contributed by atoms with E-state index >= 15 is 0 Å². The average Bonchev–Trinajstić information content (AvgIpc) is 2.11. The summed E-state index contributed by atoms with van der Waals surface area (Å²) in [6, 6.07) is 0. The van der Waals surface area contributed by atoms with E-state index in [4.69, 9.17) is 10.2 Å². The predicted octanol–water partition coefficient (Wildman–Crippen LogP) is 1.80. The van der Waals surface area contributed by atoms with Crippen molar-refractivity contribution >= 4 is 0 Å². The molecule has 0 aliphatic heterocycles. The standard InChI is InChI=1S/C8H8F4O2/c1-7(13)3(9)5(11)8(2,14)6(12)4(7)10/h13-14H,1-2H3. The summed E-state index contributed by atoms with van der Waals surface area (Å²) in [7, 11) is 0. The van der Waals surface area contributed by atoms with E-state index in [1.165, 1.54) is 0 Å². The summed E-state index contributed by atoms with van der Waals surface area (Å²) in [6.07, 6.45) is 0. The predicted molar refractivity (Wildman–Crippen MR) is 39.7 cm³/mol. The number of aliphatic hydroxyl groups is 2. The van der Waals surface area contributed by atoms with Crippen molar-refractivity contribution in [1.82, 2.24) is 0 Å². The van der Waals surface area contributed by atoms with Crippen LogP contribution in [0.1, 0.15) is 13.8 Å². The van der Waals surface area contributed by atoms with E-state index in [0.29, 0.717) is 13.8 Å². The van der Waals surface area contributed by atoms with E-state index in [9.17, 15) is 17.6 Å². The molecule has 0 amide bonds. The van der Waals surface area contributed by atoms with Crippen LogP contribution < -0.4 is 0 Å². The van der Waals surface area contributed by atoms with Gasteiger partial charge in [-0.25, -0.2) is 17.6 Å². The Labute approximate surface area is 77.2 Å². The maximum absolute atomic E-state index is 12.9. The van der Waals surface area contributed by atoms with Crippen molar-refractivity contribution in [1.29, 1.82) is 0 Å². The maximum atomic E-state index is 12.9. The molecule has 1 aliphatic carbocycles. The van der Waals surface area contributed by atoms with Gasteiger partial charge in [-0.3, -0.25) is 0 Å². The first-order chi connectivity index (χ1) is 6.13. The normalized spacial score (nSPS) is 39.4. The Kier molecular flexibility index (Phi) is 2.24. The van der Waals surface area contributed by atoms with Gasteiger partial charge in [0.25, 0.3) is 0 Å². The molecule has 0 aromatic carbocycles. The van der Waals surface area contributed by atoms with Crippen molar-refractivity contribution in [3.8, 4) is 0 Å². The molecule has 1 rings (SSSR count). The molecular formula is C8H8F4O2. The highest BCUT2D eigenvalue weighted by molar-refractivity contribution is 5.41. The molecule has 0 aromatic rings. The highest BCUT2D eigenvalue weighted by Crippen LogP contribution is 2.45. The van der Waals surface area contributed by atoms with Gasteiger partial charge in [0.05, 0.1) is 0 Å². The molecule has 0 spiro atoms. The van der Waals surface area contributed by atoms with Crippen LogP contribution >= 0.6 is 0 Å². The smallest absolute Gasteiger partial charge is 0.173 e. The van der Waals surface area contributed by atoms with E-state index in [0.717, 1.165) is 0 Å². The molecular weight excluding hydrogens is 204 g/mol. The van der Waals surface area contributed by atoms with Crippen molar-refractivity contribution < 1.29 is 27.8 Å². The third-order valence-electron chi connectivity index (χ3n) is 2.09. The molecule has 80 valence electrons. The van der Waals surface area contributed by atoms with Crippen LogP contribution in [0.25, 0.3) is 0 Å². The van der Waals surface area contributed by atoms with Crippen LogP contribution in [0.4, 0.5) is 17.6 Å². The monoisotopic (exact) mass is 212 g/mol. The number of hydrogen-bond donors (Lipinski definition) is 2. The Morgan fingerprint density at radius 1 is 0.714 bits per heavy atom. The highest BCUT2D eigenvalue weighted by atomic mass is 19.2. The molecule has 0 saturated carbocycles. The first kappa shape index (κ1) is 11.2. The van der Waals surface area contributed by atoms with Crippen LogP contribution in [0, 0.1) is 0 Å². The zero-order valence-corrected chi connectivity index (χ0v) is 7.41. The third-order valence-corrected chi connectivity index (χ3v) is 2.09. The van der Waals surface area contributed by atoms with Crippen molar-refractivity contribution in [3.05, 3.63) is 23.3 Å². The van der Waals surface area contributed by atoms with Gasteiger partial charge in [-0.1, -0.05) is 0 Å². The topological polar surface area (TPSA) is 40.5 Å². The van der Waals surface area contributed by atoms with Gasteiger partial charge < -0.3 is 10.2 Å². The van der Waals surface area contributed by atoms with Crippen molar-refractivity contribution in [3.63, 3.8) is 0 Å². The minimum absolute atomic E-state index is 0.548. The summed E-state index contributed by atoms with van der Waals surface area (Å²) < 4.78 is 51.7. The van der Waals surface area contributed by atoms with Crippen LogP contribution in [-0.2, 0) is 0 Å². The van der Waals surface area contributed by atoms with Crippen molar-refractivity contribution in [2.45, 2.75) is 25.0 Å². The SMILES string of the molecule is CC1(O)C(F)=C(F)C(C)(O)C(F)=C1F. The second kappa shape index (κ2) is 2.80. The number of rotatable bonds is 0. The Hall–Kier alpha value is -0.880. The lowest BCUT2D eigenvalue weighted by Crippen LogP contribution is -2.40.